The van der Waals surface area contributed by atoms with Crippen LogP contribution in [0, 0.1) is 0 Å². The second-order valence-electron chi connectivity index (χ2n) is 3.49. The summed E-state index contributed by atoms with van der Waals surface area (Å²) in [5.41, 5.74) is 0.771. The second-order valence-corrected chi connectivity index (χ2v) is 4.97. The Balaban J connectivity index is 2.79. The summed E-state index contributed by atoms with van der Waals surface area (Å²) in [5.74, 6) is 0.0919. The van der Waals surface area contributed by atoms with E-state index < -0.39 is 0 Å². The number of hydrogen-bond acceptors (Lipinski definition) is 3. The van der Waals surface area contributed by atoms with Crippen molar-refractivity contribution in [3.05, 3.63) is 29.8 Å². The summed E-state index contributed by atoms with van der Waals surface area (Å²) < 4.78 is 0. The molecule has 2 nitrogen and oxygen atoms in total. The fraction of sp³-hybridized carbons (Fsp3) is 0.417. The van der Waals surface area contributed by atoms with Gasteiger partial charge in [-0.25, -0.2) is 0 Å². The summed E-state index contributed by atoms with van der Waals surface area (Å²) in [5, 5.41) is 9.14. The van der Waals surface area contributed by atoms with Crippen molar-refractivity contribution < 1.29 is 9.90 Å². The molecule has 0 aliphatic rings. The number of aliphatic hydroxyl groups is 1. The molecule has 0 spiro atoms. The number of thioether (sulfide) groups is 1. The van der Waals surface area contributed by atoms with Crippen molar-refractivity contribution in [2.75, 3.05) is 6.61 Å². The molecule has 0 aromatic heterocycles. The average molecular weight is 224 g/mol. The SMILES string of the molecule is CC(=O)c1ccccc1SC(C)CCO. The Morgan fingerprint density at radius 2 is 2.13 bits per heavy atom. The molecule has 1 unspecified atom stereocenters. The van der Waals surface area contributed by atoms with Gasteiger partial charge in [-0.2, -0.15) is 0 Å². The zero-order chi connectivity index (χ0) is 11.3. The normalized spacial score (nSPS) is 12.5. The third-order valence-corrected chi connectivity index (χ3v) is 3.38. The molecule has 1 aromatic rings. The maximum Gasteiger partial charge on any atom is 0.160 e. The molecule has 1 rings (SSSR count). The van der Waals surface area contributed by atoms with E-state index in [2.05, 4.69) is 6.92 Å². The Morgan fingerprint density at radius 3 is 2.73 bits per heavy atom. The van der Waals surface area contributed by atoms with E-state index in [1.54, 1.807) is 18.7 Å². The summed E-state index contributed by atoms with van der Waals surface area (Å²) >= 11 is 1.64. The lowest BCUT2D eigenvalue weighted by Crippen LogP contribution is -2.02. The molecular weight excluding hydrogens is 208 g/mol. The topological polar surface area (TPSA) is 37.3 Å². The van der Waals surface area contributed by atoms with E-state index in [1.807, 2.05) is 24.3 Å². The van der Waals surface area contributed by atoms with Gasteiger partial charge in [0.25, 0.3) is 0 Å². The first kappa shape index (κ1) is 12.3. The molecule has 0 radical (unpaired) electrons. The van der Waals surface area contributed by atoms with Crippen LogP contribution >= 0.6 is 11.8 Å². The minimum absolute atomic E-state index is 0.0919. The van der Waals surface area contributed by atoms with Gasteiger partial charge in [0, 0.05) is 22.3 Å². The Bertz CT molecular complexity index is 336. The minimum Gasteiger partial charge on any atom is -0.396 e. The van der Waals surface area contributed by atoms with Crippen LogP contribution in [0.5, 0.6) is 0 Å². The van der Waals surface area contributed by atoms with Gasteiger partial charge >= 0.3 is 0 Å². The van der Waals surface area contributed by atoms with Crippen LogP contribution in [0.15, 0.2) is 29.2 Å². The number of Topliss-reactive ketones (excluding diaryl/α,β-unsaturated/α-hetero) is 1. The van der Waals surface area contributed by atoms with Gasteiger partial charge in [-0.3, -0.25) is 4.79 Å². The van der Waals surface area contributed by atoms with Gasteiger partial charge in [-0.1, -0.05) is 25.1 Å². The number of benzene rings is 1. The standard InChI is InChI=1S/C12H16O2S/c1-9(7-8-13)15-12-6-4-3-5-11(12)10(2)14/h3-6,9,13H,7-8H2,1-2H3. The summed E-state index contributed by atoms with van der Waals surface area (Å²) in [7, 11) is 0. The number of aliphatic hydroxyl groups excluding tert-OH is 1. The molecule has 3 heteroatoms. The van der Waals surface area contributed by atoms with E-state index in [4.69, 9.17) is 5.11 Å². The van der Waals surface area contributed by atoms with Crippen LogP contribution in [-0.2, 0) is 0 Å². The monoisotopic (exact) mass is 224 g/mol. The van der Waals surface area contributed by atoms with Crippen molar-refractivity contribution in [1.82, 2.24) is 0 Å². The highest BCUT2D eigenvalue weighted by Crippen LogP contribution is 2.28. The lowest BCUT2D eigenvalue weighted by molar-refractivity contribution is 0.101. The fourth-order valence-electron chi connectivity index (χ4n) is 1.32. The quantitative estimate of drug-likeness (QED) is 0.617. The summed E-state index contributed by atoms with van der Waals surface area (Å²) in [6.07, 6.45) is 0.747. The molecule has 0 heterocycles. The minimum atomic E-state index is 0.0919. The first-order chi connectivity index (χ1) is 7.15. The van der Waals surface area contributed by atoms with Gasteiger partial charge in [-0.05, 0) is 19.4 Å². The number of carbonyl (C=O) groups is 1. The van der Waals surface area contributed by atoms with Gasteiger partial charge in [-0.15, -0.1) is 11.8 Å². The lowest BCUT2D eigenvalue weighted by atomic mass is 10.1. The van der Waals surface area contributed by atoms with Gasteiger partial charge in [0.1, 0.15) is 0 Å². The molecule has 0 saturated carbocycles. The lowest BCUT2D eigenvalue weighted by Gasteiger charge is -2.11. The van der Waals surface area contributed by atoms with E-state index in [0.717, 1.165) is 16.9 Å². The van der Waals surface area contributed by atoms with Crippen LogP contribution < -0.4 is 0 Å². The highest BCUT2D eigenvalue weighted by molar-refractivity contribution is 8.00. The number of carbonyl (C=O) groups excluding carboxylic acids is 1. The maximum absolute atomic E-state index is 11.3. The third-order valence-electron chi connectivity index (χ3n) is 2.13. The molecule has 0 saturated heterocycles. The molecule has 0 amide bonds. The van der Waals surface area contributed by atoms with Crippen LogP contribution in [0.4, 0.5) is 0 Å². The maximum atomic E-state index is 11.3. The predicted octanol–water partition coefficient (Wildman–Crippen LogP) is 2.75. The molecular formula is C12H16O2S. The first-order valence-corrected chi connectivity index (χ1v) is 5.90. The number of ketones is 1. The van der Waals surface area contributed by atoms with Crippen molar-refractivity contribution in [2.45, 2.75) is 30.4 Å². The van der Waals surface area contributed by atoms with Crippen LogP contribution in [0.2, 0.25) is 0 Å². The molecule has 1 N–H and O–H groups in total. The molecule has 0 aliphatic carbocycles. The molecule has 15 heavy (non-hydrogen) atoms. The predicted molar refractivity (Wildman–Crippen MR) is 63.5 cm³/mol. The molecule has 0 fully saturated rings. The second kappa shape index (κ2) is 5.93. The zero-order valence-corrected chi connectivity index (χ0v) is 9.88. The summed E-state index contributed by atoms with van der Waals surface area (Å²) in [6.45, 7) is 3.82. The van der Waals surface area contributed by atoms with E-state index in [0.29, 0.717) is 5.25 Å². The summed E-state index contributed by atoms with van der Waals surface area (Å²) in [4.78, 5) is 12.3. The van der Waals surface area contributed by atoms with Crippen molar-refractivity contribution in [3.8, 4) is 0 Å². The zero-order valence-electron chi connectivity index (χ0n) is 9.06. The highest BCUT2D eigenvalue weighted by atomic mass is 32.2. The number of hydrogen-bond donors (Lipinski definition) is 1. The molecule has 1 aromatic carbocycles. The van der Waals surface area contributed by atoms with Crippen molar-refractivity contribution in [1.29, 1.82) is 0 Å². The third kappa shape index (κ3) is 3.68. The van der Waals surface area contributed by atoms with Gasteiger partial charge in [0.15, 0.2) is 5.78 Å². The average Bonchev–Trinajstić information content (AvgIpc) is 2.18. The highest BCUT2D eigenvalue weighted by Gasteiger charge is 2.10. The Labute approximate surface area is 94.7 Å². The molecule has 0 aliphatic heterocycles. The number of rotatable bonds is 5. The fourth-order valence-corrected chi connectivity index (χ4v) is 2.47. The smallest absolute Gasteiger partial charge is 0.160 e. The van der Waals surface area contributed by atoms with Gasteiger partial charge < -0.3 is 5.11 Å². The van der Waals surface area contributed by atoms with Gasteiger partial charge in [0.2, 0.25) is 0 Å². The van der Waals surface area contributed by atoms with E-state index in [-0.39, 0.29) is 12.4 Å². The molecule has 0 bridgehead atoms. The van der Waals surface area contributed by atoms with E-state index in [1.165, 1.54) is 0 Å². The molecule has 1 atom stereocenters. The van der Waals surface area contributed by atoms with Crippen molar-refractivity contribution in [2.24, 2.45) is 0 Å². The van der Waals surface area contributed by atoms with E-state index in [9.17, 15) is 4.79 Å². The van der Waals surface area contributed by atoms with Crippen LogP contribution in [0.3, 0.4) is 0 Å². The first-order valence-electron chi connectivity index (χ1n) is 5.02. The Morgan fingerprint density at radius 1 is 1.47 bits per heavy atom. The van der Waals surface area contributed by atoms with Gasteiger partial charge in [0.05, 0.1) is 0 Å². The van der Waals surface area contributed by atoms with Crippen molar-refractivity contribution in [3.63, 3.8) is 0 Å². The largest absolute Gasteiger partial charge is 0.396 e. The summed E-state index contributed by atoms with van der Waals surface area (Å²) in [6, 6.07) is 7.60. The van der Waals surface area contributed by atoms with Crippen molar-refractivity contribution >= 4 is 17.5 Å². The molecule has 82 valence electrons. The van der Waals surface area contributed by atoms with Crippen LogP contribution in [0.25, 0.3) is 0 Å². The van der Waals surface area contributed by atoms with Crippen LogP contribution in [0.1, 0.15) is 30.6 Å². The van der Waals surface area contributed by atoms with Crippen LogP contribution in [-0.4, -0.2) is 22.7 Å². The Hall–Kier alpha value is -0.800. The van der Waals surface area contributed by atoms with E-state index >= 15 is 0 Å². The Kier molecular flexibility index (Phi) is 4.85.